The molecule has 0 aromatic heterocycles. The van der Waals surface area contributed by atoms with Gasteiger partial charge in [-0.25, -0.2) is 4.79 Å². The van der Waals surface area contributed by atoms with Crippen LogP contribution in [0.4, 0.5) is 4.79 Å². The number of nitrogens with one attached hydrogen (secondary N) is 1. The number of nitrogens with two attached hydrogens (primary N) is 1. The number of ether oxygens (including phenoxy) is 2. The van der Waals surface area contributed by atoms with Gasteiger partial charge in [-0.15, -0.1) is 0 Å². The summed E-state index contributed by atoms with van der Waals surface area (Å²) in [5.41, 5.74) is 5.33. The smallest absolute Gasteiger partial charge is 0.415 e. The number of piperidine rings is 1. The third-order valence-electron chi connectivity index (χ3n) is 2.64. The molecule has 0 radical (unpaired) electrons. The highest BCUT2D eigenvalue weighted by Crippen LogP contribution is 2.18. The van der Waals surface area contributed by atoms with Crippen molar-refractivity contribution >= 4 is 11.9 Å². The molecule has 6 nitrogen and oxygen atoms in total. The SMILES string of the molecule is CCOC1CCN(C(=O)OC(C)(C)C)C(=N)C1N. The van der Waals surface area contributed by atoms with E-state index in [2.05, 4.69) is 0 Å². The van der Waals surface area contributed by atoms with Crippen molar-refractivity contribution in [2.45, 2.75) is 51.9 Å². The number of carbonyl (C=O) groups excluding carboxylic acids is 1. The molecule has 0 bridgehead atoms. The lowest BCUT2D eigenvalue weighted by atomic mass is 10.0. The number of rotatable bonds is 2. The van der Waals surface area contributed by atoms with Gasteiger partial charge in [0, 0.05) is 13.2 Å². The number of nitrogens with zero attached hydrogens (tertiary/aromatic N) is 1. The summed E-state index contributed by atoms with van der Waals surface area (Å²) in [6, 6.07) is -0.578. The first-order valence-corrected chi connectivity index (χ1v) is 6.22. The monoisotopic (exact) mass is 257 g/mol. The van der Waals surface area contributed by atoms with Gasteiger partial charge in [0.05, 0.1) is 12.1 Å². The summed E-state index contributed by atoms with van der Waals surface area (Å²) in [4.78, 5) is 13.2. The Morgan fingerprint density at radius 1 is 1.56 bits per heavy atom. The molecule has 0 saturated carbocycles. The van der Waals surface area contributed by atoms with E-state index in [4.69, 9.17) is 20.6 Å². The van der Waals surface area contributed by atoms with Gasteiger partial charge in [-0.3, -0.25) is 10.3 Å². The minimum Gasteiger partial charge on any atom is -0.443 e. The molecule has 18 heavy (non-hydrogen) atoms. The molecule has 2 atom stereocenters. The summed E-state index contributed by atoms with van der Waals surface area (Å²) in [6.07, 6.45) is -0.0875. The zero-order valence-corrected chi connectivity index (χ0v) is 11.5. The maximum Gasteiger partial charge on any atom is 0.415 e. The molecule has 1 rings (SSSR count). The quantitative estimate of drug-likeness (QED) is 0.781. The van der Waals surface area contributed by atoms with Crippen LogP contribution >= 0.6 is 0 Å². The zero-order valence-electron chi connectivity index (χ0n) is 11.5. The van der Waals surface area contributed by atoms with E-state index in [0.717, 1.165) is 0 Å². The summed E-state index contributed by atoms with van der Waals surface area (Å²) >= 11 is 0. The molecule has 1 heterocycles. The largest absolute Gasteiger partial charge is 0.443 e. The minimum atomic E-state index is -0.578. The molecule has 2 unspecified atom stereocenters. The van der Waals surface area contributed by atoms with Gasteiger partial charge in [0.2, 0.25) is 0 Å². The molecule has 0 aromatic rings. The maximum atomic E-state index is 11.9. The van der Waals surface area contributed by atoms with Crippen molar-refractivity contribution in [3.05, 3.63) is 0 Å². The molecule has 1 fully saturated rings. The summed E-state index contributed by atoms with van der Waals surface area (Å²) in [5.74, 6) is 0.0638. The molecule has 1 aliphatic rings. The van der Waals surface area contributed by atoms with E-state index in [0.29, 0.717) is 19.6 Å². The van der Waals surface area contributed by atoms with Crippen LogP contribution in [0.15, 0.2) is 0 Å². The van der Waals surface area contributed by atoms with E-state index in [-0.39, 0.29) is 11.9 Å². The van der Waals surface area contributed by atoms with Crippen LogP contribution in [-0.2, 0) is 9.47 Å². The lowest BCUT2D eigenvalue weighted by Crippen LogP contribution is -2.58. The first-order chi connectivity index (χ1) is 8.26. The fourth-order valence-corrected chi connectivity index (χ4v) is 1.82. The normalized spacial score (nSPS) is 25.2. The van der Waals surface area contributed by atoms with Crippen LogP contribution in [0.1, 0.15) is 34.1 Å². The Balaban J connectivity index is 2.66. The lowest BCUT2D eigenvalue weighted by molar-refractivity contribution is 0.0145. The second-order valence-electron chi connectivity index (χ2n) is 5.33. The van der Waals surface area contributed by atoms with Crippen molar-refractivity contribution in [3.63, 3.8) is 0 Å². The number of carbonyl (C=O) groups is 1. The Kier molecular flexibility index (Phi) is 4.70. The van der Waals surface area contributed by atoms with Gasteiger partial charge in [-0.1, -0.05) is 0 Å². The summed E-state index contributed by atoms with van der Waals surface area (Å²) in [5, 5.41) is 7.92. The van der Waals surface area contributed by atoms with Gasteiger partial charge in [-0.2, -0.15) is 0 Å². The van der Waals surface area contributed by atoms with Crippen molar-refractivity contribution in [3.8, 4) is 0 Å². The van der Waals surface area contributed by atoms with Gasteiger partial charge in [0.15, 0.2) is 0 Å². The molecule has 0 aliphatic carbocycles. The van der Waals surface area contributed by atoms with Gasteiger partial charge < -0.3 is 15.2 Å². The standard InChI is InChI=1S/C12H23N3O3/c1-5-17-8-6-7-15(10(14)9(8)13)11(16)18-12(2,3)4/h8-9,14H,5-7,13H2,1-4H3. The summed E-state index contributed by atoms with van der Waals surface area (Å²) in [6.45, 7) is 8.23. The van der Waals surface area contributed by atoms with Crippen LogP contribution in [0.5, 0.6) is 0 Å². The number of hydrogen-bond donors (Lipinski definition) is 2. The fraction of sp³-hybridized carbons (Fsp3) is 0.833. The topological polar surface area (TPSA) is 88.6 Å². The average molecular weight is 257 g/mol. The van der Waals surface area contributed by atoms with E-state index < -0.39 is 17.7 Å². The molecule has 6 heteroatoms. The van der Waals surface area contributed by atoms with Crippen LogP contribution in [0, 0.1) is 5.41 Å². The van der Waals surface area contributed by atoms with Crippen LogP contribution in [0.25, 0.3) is 0 Å². The van der Waals surface area contributed by atoms with Gasteiger partial charge in [0.25, 0.3) is 0 Å². The number of hydrogen-bond acceptors (Lipinski definition) is 5. The van der Waals surface area contributed by atoms with Crippen LogP contribution in [0.3, 0.4) is 0 Å². The van der Waals surface area contributed by atoms with Gasteiger partial charge >= 0.3 is 6.09 Å². The Morgan fingerprint density at radius 2 is 2.17 bits per heavy atom. The number of amidine groups is 1. The second kappa shape index (κ2) is 5.67. The third kappa shape index (κ3) is 3.68. The first-order valence-electron chi connectivity index (χ1n) is 6.22. The highest BCUT2D eigenvalue weighted by atomic mass is 16.6. The van der Waals surface area contributed by atoms with Crippen molar-refractivity contribution in [1.82, 2.24) is 4.90 Å². The van der Waals surface area contributed by atoms with Gasteiger partial charge in [0.1, 0.15) is 11.4 Å². The first kappa shape index (κ1) is 14.9. The molecule has 0 aromatic carbocycles. The van der Waals surface area contributed by atoms with Crippen LogP contribution < -0.4 is 5.73 Å². The average Bonchev–Trinajstić information content (AvgIpc) is 2.22. The predicted octanol–water partition coefficient (Wildman–Crippen LogP) is 1.34. The number of amides is 1. The molecule has 0 spiro atoms. The fourth-order valence-electron chi connectivity index (χ4n) is 1.82. The maximum absolute atomic E-state index is 11.9. The molecule has 3 N–H and O–H groups in total. The molecule has 104 valence electrons. The van der Waals surface area contributed by atoms with Gasteiger partial charge in [-0.05, 0) is 34.1 Å². The van der Waals surface area contributed by atoms with Crippen molar-refractivity contribution < 1.29 is 14.3 Å². The molecule has 1 saturated heterocycles. The van der Waals surface area contributed by atoms with E-state index in [1.54, 1.807) is 20.8 Å². The Bertz CT molecular complexity index is 325. The molecular formula is C12H23N3O3. The van der Waals surface area contributed by atoms with E-state index >= 15 is 0 Å². The Labute approximate surface area is 108 Å². The highest BCUT2D eigenvalue weighted by Gasteiger charge is 2.36. The van der Waals surface area contributed by atoms with Crippen molar-refractivity contribution in [2.75, 3.05) is 13.2 Å². The third-order valence-corrected chi connectivity index (χ3v) is 2.64. The lowest BCUT2D eigenvalue weighted by Gasteiger charge is -2.37. The van der Waals surface area contributed by atoms with Crippen molar-refractivity contribution in [2.24, 2.45) is 5.73 Å². The summed E-state index contributed by atoms with van der Waals surface area (Å²) < 4.78 is 10.7. The van der Waals surface area contributed by atoms with E-state index in [1.807, 2.05) is 6.92 Å². The van der Waals surface area contributed by atoms with Crippen molar-refractivity contribution in [1.29, 1.82) is 5.41 Å². The van der Waals surface area contributed by atoms with E-state index in [1.165, 1.54) is 4.90 Å². The van der Waals surface area contributed by atoms with E-state index in [9.17, 15) is 4.79 Å². The minimum absolute atomic E-state index is 0.0638. The Hall–Kier alpha value is -1.14. The highest BCUT2D eigenvalue weighted by molar-refractivity contribution is 5.97. The number of likely N-dealkylation sites (tertiary alicyclic amines) is 1. The summed E-state index contributed by atoms with van der Waals surface area (Å²) in [7, 11) is 0. The second-order valence-corrected chi connectivity index (χ2v) is 5.33. The molecular weight excluding hydrogens is 234 g/mol. The zero-order chi connectivity index (χ0) is 13.9. The predicted molar refractivity (Wildman–Crippen MR) is 68.7 cm³/mol. The molecule has 1 amide bonds. The molecule has 1 aliphatic heterocycles. The van der Waals surface area contributed by atoms with Crippen LogP contribution in [0.2, 0.25) is 0 Å². The van der Waals surface area contributed by atoms with Crippen LogP contribution in [-0.4, -0.2) is 47.7 Å². The Morgan fingerprint density at radius 3 is 2.67 bits per heavy atom.